The van der Waals surface area contributed by atoms with E-state index in [1.165, 1.54) is 0 Å². The molecule has 0 bridgehead atoms. The molecule has 2 aromatic rings. The fourth-order valence-corrected chi connectivity index (χ4v) is 1.33. The third-order valence-electron chi connectivity index (χ3n) is 1.75. The molecular formula is C8H8ClN3. The van der Waals surface area contributed by atoms with E-state index in [0.29, 0.717) is 11.6 Å². The standard InChI is InChI=1S/C8H8ClN3/c9-6-1-2-7-4-11-8(3-10)12(7)5-6/h1-2,4-5H,3,10H2. The molecule has 0 aliphatic heterocycles. The first-order chi connectivity index (χ1) is 5.81. The highest BCUT2D eigenvalue weighted by molar-refractivity contribution is 6.30. The van der Waals surface area contributed by atoms with Crippen molar-refractivity contribution in [2.24, 2.45) is 5.73 Å². The molecule has 4 heteroatoms. The van der Waals surface area contributed by atoms with Crippen molar-refractivity contribution in [1.29, 1.82) is 0 Å². The number of aromatic nitrogens is 2. The molecule has 0 aliphatic carbocycles. The van der Waals surface area contributed by atoms with Gasteiger partial charge in [0, 0.05) is 6.20 Å². The summed E-state index contributed by atoms with van der Waals surface area (Å²) in [6, 6.07) is 3.74. The smallest absolute Gasteiger partial charge is 0.127 e. The number of imidazole rings is 1. The van der Waals surface area contributed by atoms with Crippen molar-refractivity contribution in [3.8, 4) is 0 Å². The summed E-state index contributed by atoms with van der Waals surface area (Å²) in [5.41, 5.74) is 6.50. The highest BCUT2D eigenvalue weighted by Crippen LogP contribution is 2.12. The summed E-state index contributed by atoms with van der Waals surface area (Å²) in [7, 11) is 0. The quantitative estimate of drug-likeness (QED) is 0.724. The van der Waals surface area contributed by atoms with Crippen LogP contribution in [0, 0.1) is 0 Å². The molecule has 62 valence electrons. The molecule has 0 aliphatic rings. The van der Waals surface area contributed by atoms with Crippen molar-refractivity contribution < 1.29 is 0 Å². The van der Waals surface area contributed by atoms with Crippen LogP contribution < -0.4 is 5.73 Å². The van der Waals surface area contributed by atoms with Gasteiger partial charge in [-0.05, 0) is 12.1 Å². The summed E-state index contributed by atoms with van der Waals surface area (Å²) in [5, 5.41) is 0.690. The van der Waals surface area contributed by atoms with Crippen molar-refractivity contribution >= 4 is 17.1 Å². The van der Waals surface area contributed by atoms with Crippen LogP contribution >= 0.6 is 11.6 Å². The van der Waals surface area contributed by atoms with E-state index in [-0.39, 0.29) is 0 Å². The van der Waals surface area contributed by atoms with Gasteiger partial charge in [0.25, 0.3) is 0 Å². The minimum Gasteiger partial charge on any atom is -0.324 e. The molecular weight excluding hydrogens is 174 g/mol. The van der Waals surface area contributed by atoms with Gasteiger partial charge in [-0.2, -0.15) is 0 Å². The predicted molar refractivity (Wildman–Crippen MR) is 48.1 cm³/mol. The number of nitrogens with zero attached hydrogens (tertiary/aromatic N) is 2. The second-order valence-electron chi connectivity index (χ2n) is 2.52. The Morgan fingerprint density at radius 2 is 2.33 bits per heavy atom. The van der Waals surface area contributed by atoms with Crippen molar-refractivity contribution in [1.82, 2.24) is 9.38 Å². The minimum absolute atomic E-state index is 0.425. The molecule has 0 spiro atoms. The molecule has 3 nitrogen and oxygen atoms in total. The van der Waals surface area contributed by atoms with E-state index in [9.17, 15) is 0 Å². The van der Waals surface area contributed by atoms with Crippen molar-refractivity contribution in [2.45, 2.75) is 6.54 Å². The Bertz CT molecular complexity index is 408. The van der Waals surface area contributed by atoms with Gasteiger partial charge in [-0.15, -0.1) is 0 Å². The van der Waals surface area contributed by atoms with Gasteiger partial charge in [0.2, 0.25) is 0 Å². The number of nitrogens with two attached hydrogens (primary N) is 1. The highest BCUT2D eigenvalue weighted by Gasteiger charge is 2.00. The predicted octanol–water partition coefficient (Wildman–Crippen LogP) is 1.45. The average molecular weight is 182 g/mol. The van der Waals surface area contributed by atoms with Gasteiger partial charge in [0.15, 0.2) is 0 Å². The Balaban J connectivity index is 2.75. The van der Waals surface area contributed by atoms with Gasteiger partial charge in [-0.3, -0.25) is 0 Å². The summed E-state index contributed by atoms with van der Waals surface area (Å²) in [6.45, 7) is 0.425. The van der Waals surface area contributed by atoms with E-state index in [4.69, 9.17) is 17.3 Å². The van der Waals surface area contributed by atoms with E-state index in [1.54, 1.807) is 6.20 Å². The normalized spacial score (nSPS) is 10.8. The van der Waals surface area contributed by atoms with Gasteiger partial charge in [-0.25, -0.2) is 4.98 Å². The van der Waals surface area contributed by atoms with Crippen LogP contribution in [0.15, 0.2) is 24.5 Å². The summed E-state index contributed by atoms with van der Waals surface area (Å²) in [5.74, 6) is 0.826. The monoisotopic (exact) mass is 181 g/mol. The Kier molecular flexibility index (Phi) is 1.75. The zero-order valence-electron chi connectivity index (χ0n) is 6.37. The molecule has 0 saturated carbocycles. The lowest BCUT2D eigenvalue weighted by atomic mass is 10.4. The second kappa shape index (κ2) is 2.77. The zero-order chi connectivity index (χ0) is 8.55. The minimum atomic E-state index is 0.425. The molecule has 0 radical (unpaired) electrons. The Hall–Kier alpha value is -1.06. The number of rotatable bonds is 1. The maximum atomic E-state index is 5.82. The molecule has 0 saturated heterocycles. The molecule has 2 N–H and O–H groups in total. The summed E-state index contributed by atoms with van der Waals surface area (Å²) in [6.07, 6.45) is 3.59. The van der Waals surface area contributed by atoms with E-state index in [0.717, 1.165) is 11.3 Å². The molecule has 12 heavy (non-hydrogen) atoms. The fraction of sp³-hybridized carbons (Fsp3) is 0.125. The van der Waals surface area contributed by atoms with Crippen LogP contribution in [0.2, 0.25) is 5.02 Å². The van der Waals surface area contributed by atoms with Crippen LogP contribution in [-0.4, -0.2) is 9.38 Å². The molecule has 0 aromatic carbocycles. The van der Waals surface area contributed by atoms with E-state index in [2.05, 4.69) is 4.98 Å². The topological polar surface area (TPSA) is 43.3 Å². The number of hydrogen-bond acceptors (Lipinski definition) is 2. The molecule has 2 rings (SSSR count). The second-order valence-corrected chi connectivity index (χ2v) is 2.96. The largest absolute Gasteiger partial charge is 0.324 e. The van der Waals surface area contributed by atoms with Crippen molar-refractivity contribution in [2.75, 3.05) is 0 Å². The molecule has 0 unspecified atom stereocenters. The summed E-state index contributed by atoms with van der Waals surface area (Å²) in [4.78, 5) is 4.13. The van der Waals surface area contributed by atoms with E-state index >= 15 is 0 Å². The number of pyridine rings is 1. The lowest BCUT2D eigenvalue weighted by Gasteiger charge is -1.97. The van der Waals surface area contributed by atoms with Crippen LogP contribution in [0.1, 0.15) is 5.82 Å². The van der Waals surface area contributed by atoms with Crippen molar-refractivity contribution in [3.05, 3.63) is 35.4 Å². The Morgan fingerprint density at radius 1 is 1.50 bits per heavy atom. The van der Waals surface area contributed by atoms with Gasteiger partial charge >= 0.3 is 0 Å². The maximum absolute atomic E-state index is 5.82. The lowest BCUT2D eigenvalue weighted by molar-refractivity contribution is 0.903. The molecule has 0 amide bonds. The average Bonchev–Trinajstić information content (AvgIpc) is 2.46. The number of halogens is 1. The fourth-order valence-electron chi connectivity index (χ4n) is 1.17. The van der Waals surface area contributed by atoms with E-state index in [1.807, 2.05) is 22.7 Å². The number of fused-ring (bicyclic) bond motifs is 1. The first-order valence-corrected chi connectivity index (χ1v) is 4.00. The number of hydrogen-bond donors (Lipinski definition) is 1. The first kappa shape index (κ1) is 7.58. The Labute approximate surface area is 74.8 Å². The summed E-state index contributed by atoms with van der Waals surface area (Å²) < 4.78 is 1.89. The van der Waals surface area contributed by atoms with Gasteiger partial charge in [-0.1, -0.05) is 11.6 Å². The molecule has 2 aromatic heterocycles. The van der Waals surface area contributed by atoms with Gasteiger partial charge in [0.1, 0.15) is 5.82 Å². The van der Waals surface area contributed by atoms with Crippen LogP contribution in [0.5, 0.6) is 0 Å². The SMILES string of the molecule is NCc1ncc2ccc(Cl)cn12. The van der Waals surface area contributed by atoms with Gasteiger partial charge < -0.3 is 10.1 Å². The van der Waals surface area contributed by atoms with Crippen LogP contribution in [0.4, 0.5) is 0 Å². The van der Waals surface area contributed by atoms with Crippen LogP contribution in [0.25, 0.3) is 5.52 Å². The van der Waals surface area contributed by atoms with Crippen LogP contribution in [0.3, 0.4) is 0 Å². The molecule has 2 heterocycles. The van der Waals surface area contributed by atoms with Crippen LogP contribution in [-0.2, 0) is 6.54 Å². The van der Waals surface area contributed by atoms with Gasteiger partial charge in [0.05, 0.1) is 23.3 Å². The third-order valence-corrected chi connectivity index (χ3v) is 1.97. The lowest BCUT2D eigenvalue weighted by Crippen LogP contribution is -2.01. The Morgan fingerprint density at radius 3 is 3.08 bits per heavy atom. The summed E-state index contributed by atoms with van der Waals surface area (Å²) >= 11 is 5.82. The third kappa shape index (κ3) is 1.07. The van der Waals surface area contributed by atoms with E-state index < -0.39 is 0 Å². The van der Waals surface area contributed by atoms with Crippen molar-refractivity contribution in [3.63, 3.8) is 0 Å². The highest BCUT2D eigenvalue weighted by atomic mass is 35.5. The first-order valence-electron chi connectivity index (χ1n) is 3.63. The molecule has 0 fully saturated rings. The maximum Gasteiger partial charge on any atom is 0.127 e. The zero-order valence-corrected chi connectivity index (χ0v) is 7.12. The molecule has 0 atom stereocenters.